The molecule has 2 atom stereocenters. The van der Waals surface area contributed by atoms with Crippen LogP contribution >= 0.6 is 0 Å². The maximum absolute atomic E-state index is 12.5. The van der Waals surface area contributed by atoms with E-state index in [0.717, 1.165) is 18.8 Å². The van der Waals surface area contributed by atoms with Crippen molar-refractivity contribution in [1.82, 2.24) is 20.4 Å². The van der Waals surface area contributed by atoms with Gasteiger partial charge in [0.15, 0.2) is 5.82 Å². The Kier molecular flexibility index (Phi) is 4.31. The first kappa shape index (κ1) is 15.9. The normalized spacial score (nSPS) is 22.3. The number of ether oxygens (including phenoxy) is 1. The fourth-order valence-corrected chi connectivity index (χ4v) is 2.27. The summed E-state index contributed by atoms with van der Waals surface area (Å²) in [6.07, 6.45) is -3.68. The van der Waals surface area contributed by atoms with E-state index in [1.54, 1.807) is 0 Å². The lowest BCUT2D eigenvalue weighted by molar-refractivity contribution is -0.137. The molecule has 0 aliphatic carbocycles. The van der Waals surface area contributed by atoms with Gasteiger partial charge in [-0.2, -0.15) is 18.2 Å². The quantitative estimate of drug-likeness (QED) is 0.930. The predicted octanol–water partition coefficient (Wildman–Crippen LogP) is 2.12. The molecule has 0 radical (unpaired) electrons. The van der Waals surface area contributed by atoms with Crippen molar-refractivity contribution < 1.29 is 22.4 Å². The topological polar surface area (TPSA) is 73.1 Å². The summed E-state index contributed by atoms with van der Waals surface area (Å²) in [5.41, 5.74) is -0.355. The van der Waals surface area contributed by atoms with E-state index in [2.05, 4.69) is 20.4 Å². The van der Waals surface area contributed by atoms with Crippen LogP contribution in [0.1, 0.15) is 36.0 Å². The Morgan fingerprint density at radius 2 is 2.13 bits per heavy atom. The summed E-state index contributed by atoms with van der Waals surface area (Å²) in [6, 6.07) is 2.29. The number of halogens is 3. The van der Waals surface area contributed by atoms with Crippen molar-refractivity contribution >= 4 is 0 Å². The van der Waals surface area contributed by atoms with Crippen molar-refractivity contribution in [3.8, 4) is 0 Å². The number of nitrogens with one attached hydrogen (secondary N) is 1. The van der Waals surface area contributed by atoms with Crippen molar-refractivity contribution in [1.29, 1.82) is 0 Å². The Labute approximate surface area is 130 Å². The number of morpholine rings is 1. The SMILES string of the molecule is C[C@@H]1CNC[C@H](c2nc(Cc3ccc(C(F)(F)F)cn3)no2)O1. The zero-order chi connectivity index (χ0) is 16.4. The van der Waals surface area contributed by atoms with Crippen molar-refractivity contribution in [2.75, 3.05) is 13.1 Å². The predicted molar refractivity (Wildman–Crippen MR) is 72.5 cm³/mol. The van der Waals surface area contributed by atoms with Gasteiger partial charge >= 0.3 is 6.18 Å². The molecule has 1 saturated heterocycles. The van der Waals surface area contributed by atoms with Crippen LogP contribution in [0.5, 0.6) is 0 Å². The molecule has 3 heterocycles. The molecule has 6 nitrogen and oxygen atoms in total. The highest BCUT2D eigenvalue weighted by atomic mass is 19.4. The van der Waals surface area contributed by atoms with Crippen molar-refractivity contribution in [2.24, 2.45) is 0 Å². The lowest BCUT2D eigenvalue weighted by atomic mass is 10.2. The molecule has 0 saturated carbocycles. The molecule has 0 bridgehead atoms. The minimum atomic E-state index is -4.40. The van der Waals surface area contributed by atoms with Gasteiger partial charge in [0.1, 0.15) is 6.10 Å². The van der Waals surface area contributed by atoms with Gasteiger partial charge in [-0.15, -0.1) is 0 Å². The molecule has 1 fully saturated rings. The average Bonchev–Trinajstić information content (AvgIpc) is 2.95. The number of hydrogen-bond acceptors (Lipinski definition) is 6. The Morgan fingerprint density at radius 3 is 2.78 bits per heavy atom. The highest BCUT2D eigenvalue weighted by molar-refractivity contribution is 5.18. The van der Waals surface area contributed by atoms with Crippen molar-refractivity contribution in [3.63, 3.8) is 0 Å². The summed E-state index contributed by atoms with van der Waals surface area (Å²) in [7, 11) is 0. The summed E-state index contributed by atoms with van der Waals surface area (Å²) >= 11 is 0. The molecule has 0 aromatic carbocycles. The van der Waals surface area contributed by atoms with E-state index in [4.69, 9.17) is 9.26 Å². The summed E-state index contributed by atoms with van der Waals surface area (Å²) in [6.45, 7) is 3.26. The van der Waals surface area contributed by atoms with Crippen LogP contribution in [0, 0.1) is 0 Å². The first-order chi connectivity index (χ1) is 10.9. The highest BCUT2D eigenvalue weighted by Gasteiger charge is 2.30. The van der Waals surface area contributed by atoms with Crippen molar-refractivity contribution in [3.05, 3.63) is 41.3 Å². The average molecular weight is 328 g/mol. The van der Waals surface area contributed by atoms with Crippen LogP contribution in [-0.2, 0) is 17.3 Å². The van der Waals surface area contributed by atoms with Crippen LogP contribution in [0.15, 0.2) is 22.9 Å². The van der Waals surface area contributed by atoms with Gasteiger partial charge in [-0.25, -0.2) is 0 Å². The molecule has 23 heavy (non-hydrogen) atoms. The molecule has 3 rings (SSSR count). The largest absolute Gasteiger partial charge is 0.417 e. The third-order valence-corrected chi connectivity index (χ3v) is 3.41. The second-order valence-corrected chi connectivity index (χ2v) is 5.36. The molecular weight excluding hydrogens is 313 g/mol. The number of hydrogen-bond donors (Lipinski definition) is 1. The summed E-state index contributed by atoms with van der Waals surface area (Å²) < 4.78 is 48.3. The van der Waals surface area contributed by atoms with E-state index in [1.165, 1.54) is 6.07 Å². The molecule has 1 N–H and O–H groups in total. The summed E-state index contributed by atoms with van der Waals surface area (Å²) in [4.78, 5) is 8.02. The van der Waals surface area contributed by atoms with Gasteiger partial charge in [0.05, 0.1) is 18.1 Å². The zero-order valence-corrected chi connectivity index (χ0v) is 12.3. The Balaban J connectivity index is 1.67. The van der Waals surface area contributed by atoms with Crippen LogP contribution < -0.4 is 5.32 Å². The fourth-order valence-electron chi connectivity index (χ4n) is 2.27. The molecular formula is C14H15F3N4O2. The van der Waals surface area contributed by atoms with Crippen LogP contribution in [0.2, 0.25) is 0 Å². The van der Waals surface area contributed by atoms with E-state index in [1.807, 2.05) is 6.92 Å². The van der Waals surface area contributed by atoms with Gasteiger partial charge < -0.3 is 14.6 Å². The smallest absolute Gasteiger partial charge is 0.363 e. The van der Waals surface area contributed by atoms with Gasteiger partial charge in [-0.3, -0.25) is 4.98 Å². The minimum absolute atomic E-state index is 0.0423. The lowest BCUT2D eigenvalue weighted by Crippen LogP contribution is -2.39. The third kappa shape index (κ3) is 3.85. The maximum atomic E-state index is 12.5. The fraction of sp³-hybridized carbons (Fsp3) is 0.500. The van der Waals surface area contributed by atoms with E-state index in [-0.39, 0.29) is 18.6 Å². The summed E-state index contributed by atoms with van der Waals surface area (Å²) in [5, 5.41) is 7.02. The molecule has 124 valence electrons. The number of alkyl halides is 3. The molecule has 2 aromatic heterocycles. The lowest BCUT2D eigenvalue weighted by Gasteiger charge is -2.25. The monoisotopic (exact) mass is 328 g/mol. The Bertz CT molecular complexity index is 657. The number of aromatic nitrogens is 3. The molecule has 9 heteroatoms. The second kappa shape index (κ2) is 6.25. The highest BCUT2D eigenvalue weighted by Crippen LogP contribution is 2.28. The third-order valence-electron chi connectivity index (χ3n) is 3.41. The van der Waals surface area contributed by atoms with Crippen LogP contribution in [0.3, 0.4) is 0 Å². The number of nitrogens with zero attached hydrogens (tertiary/aromatic N) is 3. The summed E-state index contributed by atoms with van der Waals surface area (Å²) in [5.74, 6) is 0.708. The van der Waals surface area contributed by atoms with Gasteiger partial charge in [0.25, 0.3) is 5.89 Å². The zero-order valence-electron chi connectivity index (χ0n) is 12.3. The van der Waals surface area contributed by atoms with Crippen molar-refractivity contribution in [2.45, 2.75) is 31.7 Å². The van der Waals surface area contributed by atoms with Crippen LogP contribution in [0.25, 0.3) is 0 Å². The standard InChI is InChI=1S/C14H15F3N4O2/c1-8-5-18-7-11(22-8)13-20-12(21-23-13)4-10-3-2-9(6-19-10)14(15,16)17/h2-3,6,8,11,18H,4-5,7H2,1H3/t8-,11-/m1/s1. The van der Waals surface area contributed by atoms with E-state index >= 15 is 0 Å². The number of rotatable bonds is 3. The van der Waals surface area contributed by atoms with Crippen LogP contribution in [-0.4, -0.2) is 34.3 Å². The van der Waals surface area contributed by atoms with E-state index < -0.39 is 11.7 Å². The Hall–Kier alpha value is -2.00. The minimum Gasteiger partial charge on any atom is -0.363 e. The molecule has 0 amide bonds. The van der Waals surface area contributed by atoms with Gasteiger partial charge in [0.2, 0.25) is 0 Å². The Morgan fingerprint density at radius 1 is 1.30 bits per heavy atom. The molecule has 2 aromatic rings. The van der Waals surface area contributed by atoms with Gasteiger partial charge in [-0.05, 0) is 19.1 Å². The van der Waals surface area contributed by atoms with E-state index in [0.29, 0.717) is 24.0 Å². The molecule has 1 aliphatic rings. The first-order valence-electron chi connectivity index (χ1n) is 7.12. The molecule has 0 spiro atoms. The van der Waals surface area contributed by atoms with Gasteiger partial charge in [-0.1, -0.05) is 5.16 Å². The molecule has 0 unspecified atom stereocenters. The first-order valence-corrected chi connectivity index (χ1v) is 7.12. The maximum Gasteiger partial charge on any atom is 0.417 e. The van der Waals surface area contributed by atoms with E-state index in [9.17, 15) is 13.2 Å². The van der Waals surface area contributed by atoms with Crippen LogP contribution in [0.4, 0.5) is 13.2 Å². The number of pyridine rings is 1. The van der Waals surface area contributed by atoms with Gasteiger partial charge in [0, 0.05) is 25.0 Å². The second-order valence-electron chi connectivity index (χ2n) is 5.36. The molecule has 1 aliphatic heterocycles.